The molecule has 0 aromatic heterocycles. The monoisotopic (exact) mass is 313 g/mol. The van der Waals surface area contributed by atoms with Gasteiger partial charge in [-0.1, -0.05) is 24.3 Å². The molecule has 1 amide bonds. The van der Waals surface area contributed by atoms with Gasteiger partial charge < -0.3 is 14.8 Å². The minimum Gasteiger partial charge on any atom is -0.494 e. The number of hydrogen-bond donors (Lipinski definition) is 1. The number of carbonyl (C=O) groups is 1. The van der Waals surface area contributed by atoms with Crippen LogP contribution in [0.4, 0.5) is 0 Å². The Bertz CT molecular complexity index is 606. The average molecular weight is 313 g/mol. The highest BCUT2D eigenvalue weighted by atomic mass is 16.5. The molecular formula is C19H23NO3. The van der Waals surface area contributed by atoms with E-state index in [1.54, 1.807) is 24.3 Å². The molecule has 23 heavy (non-hydrogen) atoms. The van der Waals surface area contributed by atoms with Crippen molar-refractivity contribution < 1.29 is 14.3 Å². The van der Waals surface area contributed by atoms with Crippen LogP contribution < -0.4 is 10.1 Å². The predicted molar refractivity (Wildman–Crippen MR) is 90.6 cm³/mol. The molecule has 0 aliphatic carbocycles. The first-order chi connectivity index (χ1) is 11.2. The Morgan fingerprint density at radius 3 is 2.17 bits per heavy atom. The maximum Gasteiger partial charge on any atom is 0.251 e. The molecule has 0 saturated heterocycles. The molecule has 0 saturated carbocycles. The largest absolute Gasteiger partial charge is 0.494 e. The minimum absolute atomic E-state index is 0.0913. The van der Waals surface area contributed by atoms with E-state index in [2.05, 4.69) is 5.32 Å². The Morgan fingerprint density at radius 2 is 1.57 bits per heavy atom. The fourth-order valence-electron chi connectivity index (χ4n) is 2.13. The highest BCUT2D eigenvalue weighted by Gasteiger charge is 2.05. The van der Waals surface area contributed by atoms with Crippen molar-refractivity contribution >= 4 is 5.91 Å². The van der Waals surface area contributed by atoms with Crippen molar-refractivity contribution in [3.05, 3.63) is 65.2 Å². The van der Waals surface area contributed by atoms with E-state index in [1.807, 2.05) is 38.1 Å². The number of ether oxygens (including phenoxy) is 2. The van der Waals surface area contributed by atoms with E-state index in [0.717, 1.165) is 16.9 Å². The molecule has 0 aliphatic heterocycles. The molecule has 0 heterocycles. The number of hydrogen-bond acceptors (Lipinski definition) is 3. The van der Waals surface area contributed by atoms with Crippen molar-refractivity contribution in [3.8, 4) is 5.75 Å². The molecule has 2 aromatic carbocycles. The van der Waals surface area contributed by atoms with Crippen LogP contribution in [0.2, 0.25) is 0 Å². The van der Waals surface area contributed by atoms with E-state index >= 15 is 0 Å². The quantitative estimate of drug-likeness (QED) is 0.810. The molecule has 0 spiro atoms. The molecule has 0 fully saturated rings. The number of carbonyl (C=O) groups excluding carboxylic acids is 1. The van der Waals surface area contributed by atoms with Crippen molar-refractivity contribution in [2.75, 3.05) is 13.2 Å². The lowest BCUT2D eigenvalue weighted by molar-refractivity contribution is 0.0951. The van der Waals surface area contributed by atoms with E-state index in [0.29, 0.717) is 31.9 Å². The molecular weight excluding hydrogens is 290 g/mol. The highest BCUT2D eigenvalue weighted by Crippen LogP contribution is 2.12. The standard InChI is InChI=1S/C19H23NO3/c1-3-22-14-16-7-5-15(6-8-16)13-20-19(21)17-9-11-18(12-10-17)23-4-2/h5-12H,3-4,13-14H2,1-2H3,(H,20,21). The fourth-order valence-corrected chi connectivity index (χ4v) is 2.13. The molecule has 4 heteroatoms. The predicted octanol–water partition coefficient (Wildman–Crippen LogP) is 3.55. The molecule has 0 aliphatic rings. The first-order valence-corrected chi connectivity index (χ1v) is 7.89. The van der Waals surface area contributed by atoms with Crippen LogP contribution in [-0.4, -0.2) is 19.1 Å². The molecule has 0 radical (unpaired) electrons. The number of nitrogens with one attached hydrogen (secondary N) is 1. The fraction of sp³-hybridized carbons (Fsp3) is 0.316. The van der Waals surface area contributed by atoms with Gasteiger partial charge in [0.2, 0.25) is 0 Å². The third-order valence-electron chi connectivity index (χ3n) is 3.38. The molecule has 4 nitrogen and oxygen atoms in total. The van der Waals surface area contributed by atoms with Crippen molar-refractivity contribution in [1.29, 1.82) is 0 Å². The first kappa shape index (κ1) is 17.0. The summed E-state index contributed by atoms with van der Waals surface area (Å²) in [7, 11) is 0. The second kappa shape index (κ2) is 8.96. The molecule has 2 rings (SSSR count). The Balaban J connectivity index is 1.85. The Labute approximate surface area is 137 Å². The maximum absolute atomic E-state index is 12.1. The molecule has 0 unspecified atom stereocenters. The Morgan fingerprint density at radius 1 is 0.913 bits per heavy atom. The smallest absolute Gasteiger partial charge is 0.251 e. The van der Waals surface area contributed by atoms with Gasteiger partial charge in [-0.2, -0.15) is 0 Å². The number of benzene rings is 2. The zero-order valence-electron chi connectivity index (χ0n) is 13.7. The topological polar surface area (TPSA) is 47.6 Å². The van der Waals surface area contributed by atoms with Crippen molar-refractivity contribution in [3.63, 3.8) is 0 Å². The summed E-state index contributed by atoms with van der Waals surface area (Å²) in [5, 5.41) is 2.92. The van der Waals surface area contributed by atoms with Crippen LogP contribution in [0, 0.1) is 0 Å². The van der Waals surface area contributed by atoms with E-state index in [9.17, 15) is 4.79 Å². The van der Waals surface area contributed by atoms with Crippen LogP contribution in [0.5, 0.6) is 5.75 Å². The summed E-state index contributed by atoms with van der Waals surface area (Å²) in [6.45, 7) is 6.35. The first-order valence-electron chi connectivity index (χ1n) is 7.89. The van der Waals surface area contributed by atoms with Gasteiger partial charge in [0.25, 0.3) is 5.91 Å². The summed E-state index contributed by atoms with van der Waals surface area (Å²) < 4.78 is 10.7. The van der Waals surface area contributed by atoms with Gasteiger partial charge in [-0.3, -0.25) is 4.79 Å². The number of rotatable bonds is 8. The summed E-state index contributed by atoms with van der Waals surface area (Å²) in [5.74, 6) is 0.681. The van der Waals surface area contributed by atoms with Gasteiger partial charge in [0.05, 0.1) is 13.2 Å². The van der Waals surface area contributed by atoms with Gasteiger partial charge in [-0.25, -0.2) is 0 Å². The van der Waals surface area contributed by atoms with E-state index in [1.165, 1.54) is 0 Å². The second-order valence-electron chi connectivity index (χ2n) is 5.09. The van der Waals surface area contributed by atoms with E-state index in [-0.39, 0.29) is 5.91 Å². The summed E-state index contributed by atoms with van der Waals surface area (Å²) in [6.07, 6.45) is 0. The third-order valence-corrected chi connectivity index (χ3v) is 3.38. The van der Waals surface area contributed by atoms with Gasteiger partial charge in [-0.15, -0.1) is 0 Å². The lowest BCUT2D eigenvalue weighted by Gasteiger charge is -2.08. The summed E-state index contributed by atoms with van der Waals surface area (Å²) in [4.78, 5) is 12.1. The zero-order valence-corrected chi connectivity index (χ0v) is 13.7. The van der Waals surface area contributed by atoms with Crippen molar-refractivity contribution in [1.82, 2.24) is 5.32 Å². The van der Waals surface area contributed by atoms with Crippen LogP contribution in [0.25, 0.3) is 0 Å². The molecule has 1 N–H and O–H groups in total. The van der Waals surface area contributed by atoms with Crippen LogP contribution in [0.3, 0.4) is 0 Å². The molecule has 0 atom stereocenters. The van der Waals surface area contributed by atoms with Crippen LogP contribution in [0.15, 0.2) is 48.5 Å². The summed E-state index contributed by atoms with van der Waals surface area (Å²) >= 11 is 0. The second-order valence-corrected chi connectivity index (χ2v) is 5.09. The lowest BCUT2D eigenvalue weighted by Crippen LogP contribution is -2.22. The molecule has 0 bridgehead atoms. The third kappa shape index (κ3) is 5.42. The normalized spacial score (nSPS) is 10.3. The Kier molecular flexibility index (Phi) is 6.63. The molecule has 2 aromatic rings. The zero-order chi connectivity index (χ0) is 16.5. The van der Waals surface area contributed by atoms with E-state index in [4.69, 9.17) is 9.47 Å². The Hall–Kier alpha value is -2.33. The van der Waals surface area contributed by atoms with Gasteiger partial charge in [0.1, 0.15) is 5.75 Å². The van der Waals surface area contributed by atoms with Gasteiger partial charge in [0.15, 0.2) is 0 Å². The lowest BCUT2D eigenvalue weighted by atomic mass is 10.1. The number of amides is 1. The SMILES string of the molecule is CCOCc1ccc(CNC(=O)c2ccc(OCC)cc2)cc1. The molecule has 122 valence electrons. The van der Waals surface area contributed by atoms with Gasteiger partial charge in [0, 0.05) is 18.7 Å². The van der Waals surface area contributed by atoms with Crippen molar-refractivity contribution in [2.24, 2.45) is 0 Å². The van der Waals surface area contributed by atoms with Crippen LogP contribution >= 0.6 is 0 Å². The maximum atomic E-state index is 12.1. The highest BCUT2D eigenvalue weighted by molar-refractivity contribution is 5.94. The van der Waals surface area contributed by atoms with E-state index < -0.39 is 0 Å². The summed E-state index contributed by atoms with van der Waals surface area (Å²) in [5.41, 5.74) is 2.82. The average Bonchev–Trinajstić information content (AvgIpc) is 2.59. The minimum atomic E-state index is -0.0913. The van der Waals surface area contributed by atoms with Crippen LogP contribution in [-0.2, 0) is 17.9 Å². The van der Waals surface area contributed by atoms with Gasteiger partial charge in [-0.05, 0) is 49.2 Å². The van der Waals surface area contributed by atoms with Crippen molar-refractivity contribution in [2.45, 2.75) is 27.0 Å². The van der Waals surface area contributed by atoms with Crippen LogP contribution in [0.1, 0.15) is 35.3 Å². The summed E-state index contributed by atoms with van der Waals surface area (Å²) in [6, 6.07) is 15.2. The van der Waals surface area contributed by atoms with Gasteiger partial charge >= 0.3 is 0 Å².